The van der Waals surface area contributed by atoms with Crippen LogP contribution in [-0.4, -0.2) is 115 Å². The second kappa shape index (κ2) is 21.8. The molecule has 20 heteroatoms. The third-order valence-corrected chi connectivity index (χ3v) is 15.5. The lowest BCUT2D eigenvalue weighted by molar-refractivity contribution is -0.139. The molecule has 0 spiro atoms. The molecule has 0 bridgehead atoms. The van der Waals surface area contributed by atoms with E-state index in [1.165, 1.54) is 15.6 Å². The fourth-order valence-corrected chi connectivity index (χ4v) is 11.7. The number of carboxylic acid groups (broad SMARTS) is 1. The fraction of sp³-hybridized carbons (Fsp3) is 0.460. The van der Waals surface area contributed by atoms with E-state index in [1.54, 1.807) is 70.2 Å². The maximum atomic E-state index is 13.6. The number of piperidine rings is 2. The summed E-state index contributed by atoms with van der Waals surface area (Å²) in [6.07, 6.45) is 7.04. The molecule has 4 N–H and O–H groups in total. The highest BCUT2D eigenvalue weighted by Gasteiger charge is 2.45. The van der Waals surface area contributed by atoms with Crippen LogP contribution in [0.15, 0.2) is 60.3 Å². The van der Waals surface area contributed by atoms with Crippen molar-refractivity contribution in [2.75, 3.05) is 38.2 Å². The minimum absolute atomic E-state index is 0.00413. The molecule has 0 saturated carbocycles. The number of ether oxygens (including phenoxy) is 3. The van der Waals surface area contributed by atoms with Crippen molar-refractivity contribution in [2.45, 2.75) is 109 Å². The number of thiophene rings is 1. The Bertz CT molecular complexity index is 2750. The number of carboxylic acids is 1. The van der Waals surface area contributed by atoms with Crippen LogP contribution in [0.4, 0.5) is 5.69 Å². The largest absolute Gasteiger partial charge is 0.480 e. The van der Waals surface area contributed by atoms with Gasteiger partial charge in [-0.1, -0.05) is 37.3 Å². The Morgan fingerprint density at radius 2 is 1.73 bits per heavy atom. The molecule has 7 rings (SSSR count). The number of anilines is 1. The lowest BCUT2D eigenvalue weighted by atomic mass is 9.89. The van der Waals surface area contributed by atoms with Crippen LogP contribution in [0.2, 0.25) is 0 Å². The monoisotopic (exact) mass is 1000 g/mol. The number of carbonyl (C=O) groups excluding carboxylic acids is 6. The highest BCUT2D eigenvalue weighted by Crippen LogP contribution is 2.44. The minimum Gasteiger partial charge on any atom is -0.480 e. The van der Waals surface area contributed by atoms with Crippen LogP contribution < -0.4 is 20.7 Å². The molecule has 0 radical (unpaired) electrons. The van der Waals surface area contributed by atoms with Crippen LogP contribution >= 0.6 is 11.3 Å². The Labute approximate surface area is 410 Å². The first-order chi connectivity index (χ1) is 33.2. The average Bonchev–Trinajstić information content (AvgIpc) is 3.75. The molecule has 374 valence electrons. The number of nitrogens with zero attached hydrogens (tertiary/aromatic N) is 2. The second-order valence-corrected chi connectivity index (χ2v) is 21.9. The number of benzene rings is 2. The molecule has 1 aliphatic carbocycles. The quantitative estimate of drug-likeness (QED) is 0.0636. The Morgan fingerprint density at radius 1 is 0.986 bits per heavy atom. The van der Waals surface area contributed by atoms with E-state index in [-0.39, 0.29) is 77.8 Å². The summed E-state index contributed by atoms with van der Waals surface area (Å²) in [5.41, 5.74) is 3.82. The molecule has 18 nitrogen and oxygen atoms in total. The molecule has 1 aromatic heterocycles. The molecule has 2 fully saturated rings. The molecule has 3 aliphatic heterocycles. The van der Waals surface area contributed by atoms with E-state index in [1.807, 2.05) is 6.08 Å². The van der Waals surface area contributed by atoms with Crippen molar-refractivity contribution in [3.63, 3.8) is 0 Å². The maximum Gasteiger partial charge on any atom is 0.352 e. The van der Waals surface area contributed by atoms with E-state index in [0.29, 0.717) is 67.6 Å². The number of aliphatic carboxylic acids is 1. The van der Waals surface area contributed by atoms with Crippen molar-refractivity contribution < 1.29 is 61.3 Å². The number of esters is 1. The van der Waals surface area contributed by atoms with Gasteiger partial charge in [-0.2, -0.15) is 0 Å². The van der Waals surface area contributed by atoms with Gasteiger partial charge in [0.1, 0.15) is 17.4 Å². The van der Waals surface area contributed by atoms with Gasteiger partial charge in [-0.3, -0.25) is 34.2 Å². The Kier molecular flexibility index (Phi) is 16.1. The van der Waals surface area contributed by atoms with Gasteiger partial charge in [0.2, 0.25) is 27.7 Å². The molecule has 4 heterocycles. The number of carbonyl (C=O) groups is 7. The highest BCUT2D eigenvalue weighted by atomic mass is 32.2. The normalized spacial score (nSPS) is 19.0. The summed E-state index contributed by atoms with van der Waals surface area (Å²) in [5.74, 6) is -4.26. The van der Waals surface area contributed by atoms with Gasteiger partial charge in [-0.05, 0) is 113 Å². The van der Waals surface area contributed by atoms with E-state index in [9.17, 15) is 47.1 Å². The zero-order valence-corrected chi connectivity index (χ0v) is 41.5. The van der Waals surface area contributed by atoms with Crippen molar-refractivity contribution in [1.29, 1.82) is 0 Å². The fourth-order valence-electron chi connectivity index (χ4n) is 8.93. The Hall–Kier alpha value is -6.22. The van der Waals surface area contributed by atoms with Crippen LogP contribution in [0, 0.1) is 12.8 Å². The number of amides is 5. The smallest absolute Gasteiger partial charge is 0.352 e. The highest BCUT2D eigenvalue weighted by molar-refractivity contribution is 7.88. The standard InChI is InChI=1S/C50H59N5O13S2/c1-29-14-15-35(26-37(29)44-30(2)43(67-27-41(58)59)45(69-44)49(63)68-50(3,4)5)51-33-18-21-54(22-19-33)70(64,65)28-31-9-6-12-34(25-31)52-40(57)20-24-66-23-8-11-32-10-7-13-36-42(32)48(62)55(47(36)61)38-16-17-39(56)53-46(38)60/h6-7,9-10,12-13,15,25-26,29,33,38,51H,8,11,14,16-24,27-28H2,1-5H3,(H,52,57)(H,58,59)(H,53,56,60). The summed E-state index contributed by atoms with van der Waals surface area (Å²) in [5, 5.41) is 17.9. The number of aryl methyl sites for hydroxylation is 1. The number of fused-ring (bicyclic) bond motifs is 1. The van der Waals surface area contributed by atoms with E-state index in [4.69, 9.17) is 14.2 Å². The molecular formula is C50H59N5O13S2. The number of imide groups is 2. The number of hydrogen-bond donors (Lipinski definition) is 4. The minimum atomic E-state index is -3.69. The van der Waals surface area contributed by atoms with Gasteiger partial charge in [0.25, 0.3) is 11.8 Å². The van der Waals surface area contributed by atoms with E-state index < -0.39 is 63.8 Å². The van der Waals surface area contributed by atoms with E-state index in [0.717, 1.165) is 21.0 Å². The van der Waals surface area contributed by atoms with Crippen molar-refractivity contribution in [3.8, 4) is 5.75 Å². The number of rotatable bonds is 19. The van der Waals surface area contributed by atoms with E-state index in [2.05, 4.69) is 29.0 Å². The average molecular weight is 1000 g/mol. The van der Waals surface area contributed by atoms with Gasteiger partial charge in [-0.15, -0.1) is 11.3 Å². The maximum absolute atomic E-state index is 13.6. The summed E-state index contributed by atoms with van der Waals surface area (Å²) >= 11 is 1.22. The summed E-state index contributed by atoms with van der Waals surface area (Å²) in [4.78, 5) is 90.0. The van der Waals surface area contributed by atoms with E-state index >= 15 is 0 Å². The molecular weight excluding hydrogens is 943 g/mol. The predicted octanol–water partition coefficient (Wildman–Crippen LogP) is 5.75. The first-order valence-electron chi connectivity index (χ1n) is 23.4. The molecule has 70 heavy (non-hydrogen) atoms. The summed E-state index contributed by atoms with van der Waals surface area (Å²) in [6, 6.07) is 10.7. The van der Waals surface area contributed by atoms with Crippen molar-refractivity contribution in [2.24, 2.45) is 5.92 Å². The molecule has 3 aromatic rings. The third-order valence-electron chi connectivity index (χ3n) is 12.4. The molecule has 5 amide bonds. The SMILES string of the molecule is Cc1c(C2=CC(NC3CCN(S(=O)(=O)Cc4cccc(NC(=O)CCOCCCc5cccc6c5C(=O)N(C5CCC(=O)NC5=O)C6=O)c4)CC3)=CCC2C)sc(C(=O)OC(C)(C)C)c1OCC(=O)O. The van der Waals surface area contributed by atoms with Gasteiger partial charge in [-0.25, -0.2) is 22.3 Å². The zero-order chi connectivity index (χ0) is 50.5. The Balaban J connectivity index is 0.856. The lowest BCUT2D eigenvalue weighted by Crippen LogP contribution is -2.54. The second-order valence-electron chi connectivity index (χ2n) is 18.9. The third kappa shape index (κ3) is 12.4. The number of allylic oxidation sites excluding steroid dienone is 3. The Morgan fingerprint density at radius 3 is 2.44 bits per heavy atom. The topological polar surface area (TPSA) is 244 Å². The first-order valence-corrected chi connectivity index (χ1v) is 25.8. The van der Waals surface area contributed by atoms with Gasteiger partial charge in [0.05, 0.1) is 29.9 Å². The molecule has 4 aliphatic rings. The number of nitrogens with one attached hydrogen (secondary N) is 3. The summed E-state index contributed by atoms with van der Waals surface area (Å²) in [7, 11) is -3.69. The van der Waals surface area contributed by atoms with Crippen LogP contribution in [0.5, 0.6) is 5.75 Å². The number of hydrogen-bond acceptors (Lipinski definition) is 14. The summed E-state index contributed by atoms with van der Waals surface area (Å²) in [6.45, 7) is 9.58. The van der Waals surface area contributed by atoms with Crippen molar-refractivity contribution in [3.05, 3.63) is 97.9 Å². The van der Waals surface area contributed by atoms with Gasteiger partial charge >= 0.3 is 11.9 Å². The van der Waals surface area contributed by atoms with Gasteiger partial charge in [0, 0.05) is 54.0 Å². The van der Waals surface area contributed by atoms with Crippen LogP contribution in [0.25, 0.3) is 5.57 Å². The van der Waals surface area contributed by atoms with Crippen molar-refractivity contribution in [1.82, 2.24) is 19.8 Å². The van der Waals surface area contributed by atoms with Crippen molar-refractivity contribution >= 4 is 74.1 Å². The lowest BCUT2D eigenvalue weighted by Gasteiger charge is -2.33. The molecule has 2 aromatic carbocycles. The van der Waals surface area contributed by atoms with Crippen LogP contribution in [0.1, 0.15) is 125 Å². The molecule has 2 unspecified atom stereocenters. The van der Waals surface area contributed by atoms with Gasteiger partial charge in [0.15, 0.2) is 11.5 Å². The first kappa shape index (κ1) is 51.6. The summed E-state index contributed by atoms with van der Waals surface area (Å²) < 4.78 is 45.8. The molecule has 2 atom stereocenters. The van der Waals surface area contributed by atoms with Gasteiger partial charge < -0.3 is 30.0 Å². The zero-order valence-electron chi connectivity index (χ0n) is 39.9. The van der Waals surface area contributed by atoms with Crippen LogP contribution in [-0.2, 0) is 50.8 Å². The molecule has 2 saturated heterocycles. The predicted molar refractivity (Wildman–Crippen MR) is 259 cm³/mol. The number of sulfonamides is 1. The van der Waals surface area contributed by atoms with Crippen LogP contribution in [0.3, 0.4) is 0 Å².